The van der Waals surface area contributed by atoms with Gasteiger partial charge in [0.25, 0.3) is 0 Å². The van der Waals surface area contributed by atoms with Crippen LogP contribution in [0.15, 0.2) is 48.5 Å². The second-order valence-corrected chi connectivity index (χ2v) is 4.57. The lowest BCUT2D eigenvalue weighted by molar-refractivity contribution is 0.201. The Morgan fingerprint density at radius 2 is 1.89 bits per heavy atom. The summed E-state index contributed by atoms with van der Waals surface area (Å²) in [6.07, 6.45) is 0. The van der Waals surface area contributed by atoms with Gasteiger partial charge < -0.3 is 14.9 Å². The number of aryl methyl sites for hydroxylation is 1. The van der Waals surface area contributed by atoms with Crippen molar-refractivity contribution in [2.45, 2.75) is 12.8 Å². The molecule has 3 nitrogen and oxygen atoms in total. The summed E-state index contributed by atoms with van der Waals surface area (Å²) < 4.78 is 5.57. The first kappa shape index (κ1) is 13.4. The van der Waals surface area contributed by atoms with E-state index < -0.39 is 0 Å². The molecule has 0 amide bonds. The molecule has 1 atom stereocenters. The second kappa shape index (κ2) is 6.25. The molecule has 100 valence electrons. The molecular formula is C16H18O3. The summed E-state index contributed by atoms with van der Waals surface area (Å²) in [5.41, 5.74) is 2.19. The summed E-state index contributed by atoms with van der Waals surface area (Å²) in [5.74, 6) is 0.455. The van der Waals surface area contributed by atoms with Crippen molar-refractivity contribution in [1.82, 2.24) is 0 Å². The van der Waals surface area contributed by atoms with E-state index in [1.807, 2.05) is 31.2 Å². The van der Waals surface area contributed by atoms with E-state index in [1.165, 1.54) is 0 Å². The number of aromatic hydroxyl groups is 1. The second-order valence-electron chi connectivity index (χ2n) is 4.57. The number of benzene rings is 2. The lowest BCUT2D eigenvalue weighted by atomic mass is 9.99. The van der Waals surface area contributed by atoms with Crippen LogP contribution in [0.5, 0.6) is 11.5 Å². The number of para-hydroxylation sites is 2. The van der Waals surface area contributed by atoms with Crippen LogP contribution in [0.4, 0.5) is 0 Å². The minimum atomic E-state index is -0.0977. The maximum atomic E-state index is 9.62. The standard InChI is InChI=1S/C16H18O3/c1-12-5-4-6-13(9-12)14(10-17)11-19-16-8-3-2-7-15(16)18/h2-9,14,17-18H,10-11H2,1H3. The Hall–Kier alpha value is -2.00. The van der Waals surface area contributed by atoms with Gasteiger partial charge in [-0.1, -0.05) is 42.0 Å². The largest absolute Gasteiger partial charge is 0.504 e. The van der Waals surface area contributed by atoms with Crippen molar-refractivity contribution in [3.63, 3.8) is 0 Å². The summed E-state index contributed by atoms with van der Waals surface area (Å²) in [4.78, 5) is 0. The van der Waals surface area contributed by atoms with Crippen molar-refractivity contribution in [3.05, 3.63) is 59.7 Å². The molecule has 0 fully saturated rings. The van der Waals surface area contributed by atoms with E-state index in [9.17, 15) is 10.2 Å². The zero-order chi connectivity index (χ0) is 13.7. The van der Waals surface area contributed by atoms with E-state index in [4.69, 9.17) is 4.74 Å². The van der Waals surface area contributed by atoms with Crippen LogP contribution in [0.3, 0.4) is 0 Å². The minimum absolute atomic E-state index is 0.0110. The van der Waals surface area contributed by atoms with Gasteiger partial charge in [0.2, 0.25) is 0 Å². The third-order valence-corrected chi connectivity index (χ3v) is 3.04. The van der Waals surface area contributed by atoms with Crippen molar-refractivity contribution in [3.8, 4) is 11.5 Å². The molecule has 2 aromatic carbocycles. The van der Waals surface area contributed by atoms with Crippen molar-refractivity contribution < 1.29 is 14.9 Å². The van der Waals surface area contributed by atoms with Crippen LogP contribution in [0.1, 0.15) is 17.0 Å². The molecule has 0 aliphatic rings. The molecule has 3 heteroatoms. The van der Waals surface area contributed by atoms with Gasteiger partial charge in [-0.15, -0.1) is 0 Å². The molecule has 2 aromatic rings. The first-order valence-corrected chi connectivity index (χ1v) is 6.29. The molecule has 0 heterocycles. The van der Waals surface area contributed by atoms with Gasteiger partial charge >= 0.3 is 0 Å². The van der Waals surface area contributed by atoms with Gasteiger partial charge in [0, 0.05) is 5.92 Å². The number of hydrogen-bond acceptors (Lipinski definition) is 3. The molecule has 0 saturated carbocycles. The lowest BCUT2D eigenvalue weighted by Crippen LogP contribution is -2.14. The number of rotatable bonds is 5. The molecule has 1 unspecified atom stereocenters. The smallest absolute Gasteiger partial charge is 0.160 e. The van der Waals surface area contributed by atoms with E-state index in [2.05, 4.69) is 0 Å². The highest BCUT2D eigenvalue weighted by Crippen LogP contribution is 2.26. The highest BCUT2D eigenvalue weighted by molar-refractivity contribution is 5.38. The van der Waals surface area contributed by atoms with Gasteiger partial charge in [0.15, 0.2) is 11.5 Å². The Morgan fingerprint density at radius 3 is 2.58 bits per heavy atom. The van der Waals surface area contributed by atoms with Crippen LogP contribution in [-0.4, -0.2) is 23.4 Å². The fourth-order valence-corrected chi connectivity index (χ4v) is 1.95. The Kier molecular flexibility index (Phi) is 4.42. The highest BCUT2D eigenvalue weighted by atomic mass is 16.5. The molecule has 19 heavy (non-hydrogen) atoms. The molecule has 0 saturated heterocycles. The third-order valence-electron chi connectivity index (χ3n) is 3.04. The zero-order valence-electron chi connectivity index (χ0n) is 10.9. The van der Waals surface area contributed by atoms with Crippen molar-refractivity contribution >= 4 is 0 Å². The van der Waals surface area contributed by atoms with E-state index in [1.54, 1.807) is 24.3 Å². The molecule has 0 radical (unpaired) electrons. The van der Waals surface area contributed by atoms with Gasteiger partial charge in [-0.3, -0.25) is 0 Å². The van der Waals surface area contributed by atoms with Crippen LogP contribution in [0, 0.1) is 6.92 Å². The molecule has 0 bridgehead atoms. The molecule has 0 aliphatic heterocycles. The summed E-state index contributed by atoms with van der Waals surface area (Å²) >= 11 is 0. The maximum absolute atomic E-state index is 9.62. The average molecular weight is 258 g/mol. The van der Waals surface area contributed by atoms with Gasteiger partial charge in [0.1, 0.15) is 0 Å². The monoisotopic (exact) mass is 258 g/mol. The molecular weight excluding hydrogens is 240 g/mol. The number of phenols is 1. The zero-order valence-corrected chi connectivity index (χ0v) is 10.9. The SMILES string of the molecule is Cc1cccc(C(CO)COc2ccccc2O)c1. The molecule has 0 spiro atoms. The molecule has 2 N–H and O–H groups in total. The fourth-order valence-electron chi connectivity index (χ4n) is 1.95. The Labute approximate surface area is 113 Å². The van der Waals surface area contributed by atoms with Crippen molar-refractivity contribution in [2.75, 3.05) is 13.2 Å². The number of aliphatic hydroxyl groups is 1. The van der Waals surface area contributed by atoms with Gasteiger partial charge in [-0.05, 0) is 24.6 Å². The van der Waals surface area contributed by atoms with Gasteiger partial charge in [-0.25, -0.2) is 0 Å². The van der Waals surface area contributed by atoms with E-state index in [0.29, 0.717) is 12.4 Å². The summed E-state index contributed by atoms with van der Waals surface area (Å²) in [5, 5.41) is 19.1. The number of ether oxygens (including phenoxy) is 1. The normalized spacial score (nSPS) is 12.1. The molecule has 0 aromatic heterocycles. The number of hydrogen-bond donors (Lipinski definition) is 2. The number of aliphatic hydroxyl groups excluding tert-OH is 1. The van der Waals surface area contributed by atoms with E-state index in [0.717, 1.165) is 11.1 Å². The predicted molar refractivity (Wildman–Crippen MR) is 74.6 cm³/mol. The Morgan fingerprint density at radius 1 is 1.11 bits per heavy atom. The third kappa shape index (κ3) is 3.48. The highest BCUT2D eigenvalue weighted by Gasteiger charge is 2.12. The predicted octanol–water partition coefficient (Wildman–Crippen LogP) is 2.86. The van der Waals surface area contributed by atoms with Crippen molar-refractivity contribution in [2.24, 2.45) is 0 Å². The first-order valence-electron chi connectivity index (χ1n) is 6.29. The average Bonchev–Trinajstić information content (AvgIpc) is 2.41. The fraction of sp³-hybridized carbons (Fsp3) is 0.250. The van der Waals surface area contributed by atoms with Gasteiger partial charge in [0.05, 0.1) is 13.2 Å². The van der Waals surface area contributed by atoms with Crippen LogP contribution >= 0.6 is 0 Å². The van der Waals surface area contributed by atoms with Crippen LogP contribution in [0.2, 0.25) is 0 Å². The Bertz CT molecular complexity index is 537. The maximum Gasteiger partial charge on any atom is 0.160 e. The summed E-state index contributed by atoms with van der Waals surface area (Å²) in [6.45, 7) is 2.36. The summed E-state index contributed by atoms with van der Waals surface area (Å²) in [7, 11) is 0. The Balaban J connectivity index is 2.06. The van der Waals surface area contributed by atoms with Crippen LogP contribution < -0.4 is 4.74 Å². The van der Waals surface area contributed by atoms with Crippen LogP contribution in [0.25, 0.3) is 0 Å². The van der Waals surface area contributed by atoms with Crippen LogP contribution in [-0.2, 0) is 0 Å². The minimum Gasteiger partial charge on any atom is -0.504 e. The van der Waals surface area contributed by atoms with Gasteiger partial charge in [-0.2, -0.15) is 0 Å². The van der Waals surface area contributed by atoms with E-state index >= 15 is 0 Å². The molecule has 2 rings (SSSR count). The quantitative estimate of drug-likeness (QED) is 0.867. The summed E-state index contributed by atoms with van der Waals surface area (Å²) in [6, 6.07) is 14.8. The topological polar surface area (TPSA) is 49.7 Å². The van der Waals surface area contributed by atoms with E-state index in [-0.39, 0.29) is 18.3 Å². The lowest BCUT2D eigenvalue weighted by Gasteiger charge is -2.16. The van der Waals surface area contributed by atoms with Crippen molar-refractivity contribution in [1.29, 1.82) is 0 Å². The first-order chi connectivity index (χ1) is 9.20. The molecule has 0 aliphatic carbocycles. The number of phenolic OH excluding ortho intramolecular Hbond substituents is 1.